The zero-order chi connectivity index (χ0) is 8.36. The molecule has 0 aromatic rings. The normalized spacial score (nSPS) is 10.8. The van der Waals surface area contributed by atoms with Gasteiger partial charge in [0.25, 0.3) is 0 Å². The first-order chi connectivity index (χ1) is 4.33. The highest BCUT2D eigenvalue weighted by atomic mass is 16.6. The molecule has 0 spiro atoms. The fourth-order valence-electron chi connectivity index (χ4n) is 0.315. The molecule has 4 nitrogen and oxygen atoms in total. The van der Waals surface area contributed by atoms with E-state index < -0.39 is 11.7 Å². The lowest BCUT2D eigenvalue weighted by atomic mass is 10.3. The lowest BCUT2D eigenvalue weighted by Gasteiger charge is -2.18. The van der Waals surface area contributed by atoms with Crippen molar-refractivity contribution < 1.29 is 9.53 Å². The van der Waals surface area contributed by atoms with Crippen molar-refractivity contribution >= 4 is 11.7 Å². The fourth-order valence-corrected chi connectivity index (χ4v) is 0.315. The number of nitrogens with one attached hydrogen (secondary N) is 1. The smallest absolute Gasteiger partial charge is 0.353 e. The van der Waals surface area contributed by atoms with E-state index in [9.17, 15) is 4.79 Å². The molecule has 0 aliphatic rings. The van der Waals surface area contributed by atoms with E-state index >= 15 is 0 Å². The highest BCUT2D eigenvalue weighted by Crippen LogP contribution is 1.99. The lowest BCUT2D eigenvalue weighted by molar-refractivity contribution is -0.147. The van der Waals surface area contributed by atoms with E-state index in [4.69, 9.17) is 11.1 Å². The summed E-state index contributed by atoms with van der Waals surface area (Å²) in [6.45, 7) is 4.45. The van der Waals surface area contributed by atoms with E-state index in [1.165, 1.54) is 6.92 Å². The Morgan fingerprint density at radius 2 is 2.00 bits per heavy atom. The third kappa shape index (κ3) is 4.03. The van der Waals surface area contributed by atoms with Crippen molar-refractivity contribution in [3.05, 3.63) is 0 Å². The molecule has 4 heteroatoms. The molecule has 0 amide bonds. The summed E-state index contributed by atoms with van der Waals surface area (Å²) < 4.78 is 4.61. The van der Waals surface area contributed by atoms with Gasteiger partial charge in [0, 0.05) is 0 Å². The maximum absolute atomic E-state index is 10.6. The maximum Gasteiger partial charge on any atom is 0.353 e. The Morgan fingerprint density at radius 1 is 1.60 bits per heavy atom. The minimum atomic E-state index is -0.987. The molecule has 10 heavy (non-hydrogen) atoms. The first-order valence-electron chi connectivity index (χ1n) is 2.90. The Balaban J connectivity index is 3.93. The largest absolute Gasteiger partial charge is 0.440 e. The molecule has 0 saturated carbocycles. The monoisotopic (exact) mass is 144 g/mol. The van der Waals surface area contributed by atoms with Crippen LogP contribution < -0.4 is 5.73 Å². The molecule has 0 radical (unpaired) electrons. The van der Waals surface area contributed by atoms with Gasteiger partial charge in [-0.05, 0) is 20.8 Å². The first-order valence-corrected chi connectivity index (χ1v) is 2.90. The van der Waals surface area contributed by atoms with Gasteiger partial charge in [0.15, 0.2) is 5.72 Å². The van der Waals surface area contributed by atoms with Crippen molar-refractivity contribution in [3.8, 4) is 0 Å². The molecule has 0 saturated heterocycles. The molecular formula is C6H12N2O2. The number of hydrogen-bond donors (Lipinski definition) is 2. The van der Waals surface area contributed by atoms with Gasteiger partial charge in [-0.2, -0.15) is 0 Å². The second kappa shape index (κ2) is 2.79. The molecule has 0 rings (SSSR count). The van der Waals surface area contributed by atoms with Gasteiger partial charge < -0.3 is 4.74 Å². The predicted molar refractivity (Wildman–Crippen MR) is 37.8 cm³/mol. The van der Waals surface area contributed by atoms with Gasteiger partial charge >= 0.3 is 5.97 Å². The molecule has 0 unspecified atom stereocenters. The van der Waals surface area contributed by atoms with Crippen molar-refractivity contribution in [2.24, 2.45) is 5.73 Å². The third-order valence-corrected chi connectivity index (χ3v) is 0.662. The van der Waals surface area contributed by atoms with Crippen LogP contribution in [0.25, 0.3) is 0 Å². The Morgan fingerprint density at radius 3 is 2.10 bits per heavy atom. The van der Waals surface area contributed by atoms with Gasteiger partial charge in [-0.25, -0.2) is 4.79 Å². The molecule has 3 N–H and O–H groups in total. The summed E-state index contributed by atoms with van der Waals surface area (Å²) in [5.41, 5.74) is 4.21. The number of carbonyl (C=O) groups excluding carboxylic acids is 1. The van der Waals surface area contributed by atoms with E-state index in [2.05, 4.69) is 4.74 Å². The van der Waals surface area contributed by atoms with Crippen LogP contribution in [0.3, 0.4) is 0 Å². The van der Waals surface area contributed by atoms with Crippen LogP contribution in [-0.2, 0) is 9.53 Å². The molecule has 0 aliphatic carbocycles. The number of nitrogens with two attached hydrogens (primary N) is 1. The van der Waals surface area contributed by atoms with Crippen molar-refractivity contribution in [1.82, 2.24) is 0 Å². The fraction of sp³-hybridized carbons (Fsp3) is 0.667. The van der Waals surface area contributed by atoms with Gasteiger partial charge in [-0.3, -0.25) is 11.1 Å². The summed E-state index contributed by atoms with van der Waals surface area (Å²) in [7, 11) is 0. The summed E-state index contributed by atoms with van der Waals surface area (Å²) in [5.74, 6) is -0.674. The molecule has 0 fully saturated rings. The van der Waals surface area contributed by atoms with Gasteiger partial charge in [0.2, 0.25) is 0 Å². The van der Waals surface area contributed by atoms with E-state index in [1.807, 2.05) is 0 Å². The average Bonchev–Trinajstić information content (AvgIpc) is 1.60. The molecular weight excluding hydrogens is 132 g/mol. The summed E-state index contributed by atoms with van der Waals surface area (Å²) in [6.07, 6.45) is 0. The van der Waals surface area contributed by atoms with Crippen LogP contribution in [0.4, 0.5) is 0 Å². The van der Waals surface area contributed by atoms with Gasteiger partial charge in [0.1, 0.15) is 5.71 Å². The number of rotatable bonds is 2. The predicted octanol–water partition coefficient (Wildman–Crippen LogP) is 0.264. The van der Waals surface area contributed by atoms with Crippen molar-refractivity contribution in [3.63, 3.8) is 0 Å². The molecule has 58 valence electrons. The number of ether oxygens (including phenoxy) is 1. The molecule has 0 atom stereocenters. The summed E-state index contributed by atoms with van der Waals surface area (Å²) in [4.78, 5) is 10.6. The van der Waals surface area contributed by atoms with Gasteiger partial charge in [-0.15, -0.1) is 0 Å². The van der Waals surface area contributed by atoms with Crippen LogP contribution in [0.1, 0.15) is 20.8 Å². The molecule has 0 aliphatic heterocycles. The van der Waals surface area contributed by atoms with Gasteiger partial charge in [0.05, 0.1) is 0 Å². The quantitative estimate of drug-likeness (QED) is 0.331. The van der Waals surface area contributed by atoms with Gasteiger partial charge in [-0.1, -0.05) is 0 Å². The summed E-state index contributed by atoms with van der Waals surface area (Å²) in [6, 6.07) is 0. The average molecular weight is 144 g/mol. The highest BCUT2D eigenvalue weighted by molar-refractivity contribution is 6.34. The van der Waals surface area contributed by atoms with Crippen LogP contribution in [0.2, 0.25) is 0 Å². The molecule has 0 aromatic carbocycles. The Bertz CT molecular complexity index is 158. The van der Waals surface area contributed by atoms with Crippen LogP contribution in [0, 0.1) is 5.41 Å². The first kappa shape index (κ1) is 9.10. The third-order valence-electron chi connectivity index (χ3n) is 0.662. The number of esters is 1. The Hall–Kier alpha value is -0.900. The summed E-state index contributed by atoms with van der Waals surface area (Å²) in [5, 5.41) is 6.85. The molecule has 0 heterocycles. The van der Waals surface area contributed by atoms with Crippen molar-refractivity contribution in [2.75, 3.05) is 0 Å². The second-order valence-electron chi connectivity index (χ2n) is 2.62. The highest BCUT2D eigenvalue weighted by Gasteiger charge is 2.17. The van der Waals surface area contributed by atoms with Crippen LogP contribution in [-0.4, -0.2) is 17.4 Å². The Labute approximate surface area is 59.9 Å². The van der Waals surface area contributed by atoms with Crippen molar-refractivity contribution in [2.45, 2.75) is 26.5 Å². The van der Waals surface area contributed by atoms with Crippen LogP contribution in [0.5, 0.6) is 0 Å². The number of carbonyl (C=O) groups is 1. The zero-order valence-corrected chi connectivity index (χ0v) is 6.39. The van der Waals surface area contributed by atoms with E-state index in [1.54, 1.807) is 13.8 Å². The molecule has 0 aromatic heterocycles. The SMILES string of the molecule is CC(=N)C(=O)OC(C)(C)N. The van der Waals surface area contributed by atoms with E-state index in [-0.39, 0.29) is 5.71 Å². The van der Waals surface area contributed by atoms with Crippen LogP contribution in [0.15, 0.2) is 0 Å². The Kier molecular flexibility index (Phi) is 2.54. The zero-order valence-electron chi connectivity index (χ0n) is 6.39. The lowest BCUT2D eigenvalue weighted by Crippen LogP contribution is -2.39. The summed E-state index contributed by atoms with van der Waals surface area (Å²) >= 11 is 0. The second-order valence-corrected chi connectivity index (χ2v) is 2.62. The minimum absolute atomic E-state index is 0.140. The van der Waals surface area contributed by atoms with Crippen LogP contribution >= 0.6 is 0 Å². The standard InChI is InChI=1S/C6H12N2O2/c1-4(7)5(9)10-6(2,3)8/h7H,8H2,1-3H3. The topological polar surface area (TPSA) is 76.2 Å². The number of hydrogen-bond acceptors (Lipinski definition) is 4. The molecule has 0 bridgehead atoms. The van der Waals surface area contributed by atoms with Crippen molar-refractivity contribution in [1.29, 1.82) is 5.41 Å². The van der Waals surface area contributed by atoms with E-state index in [0.29, 0.717) is 0 Å². The van der Waals surface area contributed by atoms with E-state index in [0.717, 1.165) is 0 Å². The maximum atomic E-state index is 10.6. The minimum Gasteiger partial charge on any atom is -0.440 e.